The van der Waals surface area contributed by atoms with Gasteiger partial charge in [-0.15, -0.1) is 0 Å². The summed E-state index contributed by atoms with van der Waals surface area (Å²) in [5, 5.41) is 13.6. The topological polar surface area (TPSA) is 108 Å². The first-order valence-corrected chi connectivity index (χ1v) is 27.5. The lowest BCUT2D eigenvalue weighted by Gasteiger charge is -2.29. The van der Waals surface area contributed by atoms with Gasteiger partial charge in [0.15, 0.2) is 0 Å². The van der Waals surface area contributed by atoms with Gasteiger partial charge in [0.2, 0.25) is 5.91 Å². The molecule has 0 aliphatic rings. The Bertz CT molecular complexity index is 989. The Balaban J connectivity index is 3.79. The van der Waals surface area contributed by atoms with Gasteiger partial charge in [-0.1, -0.05) is 244 Å². The SMILES string of the molecule is CCCCCC/C=C/C(O)C(COP(=O)([O-])OCC[N+](C)(C)C)NC(=O)CCCCCCCCCCCCCCCCCCCCCCCCCCCCCCCCCC. The summed E-state index contributed by atoms with van der Waals surface area (Å²) < 4.78 is 23.1. The molecular formula is C51H103N2O6P. The number of phosphoric ester groups is 1. The second kappa shape index (κ2) is 43.5. The maximum Gasteiger partial charge on any atom is 0.268 e. The number of hydrogen-bond acceptors (Lipinski definition) is 6. The number of likely N-dealkylation sites (N-methyl/N-ethyl adjacent to an activating group) is 1. The van der Waals surface area contributed by atoms with Crippen LogP contribution in [0.15, 0.2) is 12.2 Å². The van der Waals surface area contributed by atoms with Crippen molar-refractivity contribution < 1.29 is 32.9 Å². The highest BCUT2D eigenvalue weighted by atomic mass is 31.2. The van der Waals surface area contributed by atoms with Gasteiger partial charge in [0.05, 0.1) is 39.9 Å². The number of carbonyl (C=O) groups is 1. The summed E-state index contributed by atoms with van der Waals surface area (Å²) in [6, 6.07) is -0.878. The Labute approximate surface area is 373 Å². The van der Waals surface area contributed by atoms with E-state index in [1.807, 2.05) is 27.2 Å². The first-order chi connectivity index (χ1) is 29.0. The van der Waals surface area contributed by atoms with Crippen LogP contribution in [0.25, 0.3) is 0 Å². The third-order valence-corrected chi connectivity index (χ3v) is 13.0. The van der Waals surface area contributed by atoms with Crippen molar-refractivity contribution >= 4 is 13.7 Å². The first-order valence-electron chi connectivity index (χ1n) is 26.1. The molecule has 60 heavy (non-hydrogen) atoms. The lowest BCUT2D eigenvalue weighted by Crippen LogP contribution is -2.45. The fourth-order valence-corrected chi connectivity index (χ4v) is 8.58. The van der Waals surface area contributed by atoms with Crippen molar-refractivity contribution in [2.45, 2.75) is 270 Å². The summed E-state index contributed by atoms with van der Waals surface area (Å²) in [7, 11) is 1.27. The van der Waals surface area contributed by atoms with E-state index in [4.69, 9.17) is 9.05 Å². The molecule has 0 saturated heterocycles. The number of rotatable bonds is 48. The molecule has 0 saturated carbocycles. The summed E-state index contributed by atoms with van der Waals surface area (Å²) in [4.78, 5) is 25.2. The molecule has 0 bridgehead atoms. The van der Waals surface area contributed by atoms with Gasteiger partial charge >= 0.3 is 0 Å². The summed E-state index contributed by atoms with van der Waals surface area (Å²) >= 11 is 0. The molecule has 0 fully saturated rings. The molecule has 3 unspecified atom stereocenters. The summed E-state index contributed by atoms with van der Waals surface area (Å²) in [5.74, 6) is -0.198. The van der Waals surface area contributed by atoms with E-state index in [-0.39, 0.29) is 19.1 Å². The number of nitrogens with one attached hydrogen (secondary N) is 1. The van der Waals surface area contributed by atoms with Crippen LogP contribution < -0.4 is 10.2 Å². The zero-order valence-corrected chi connectivity index (χ0v) is 41.6. The Hall–Kier alpha value is -0.760. The fourth-order valence-electron chi connectivity index (χ4n) is 7.86. The Morgan fingerprint density at radius 2 is 0.900 bits per heavy atom. The molecule has 0 aromatic rings. The molecule has 0 aliphatic heterocycles. The third-order valence-electron chi connectivity index (χ3n) is 12.0. The van der Waals surface area contributed by atoms with Crippen molar-refractivity contribution in [2.75, 3.05) is 40.9 Å². The highest BCUT2D eigenvalue weighted by molar-refractivity contribution is 7.45. The van der Waals surface area contributed by atoms with E-state index < -0.39 is 20.0 Å². The van der Waals surface area contributed by atoms with Crippen molar-refractivity contribution in [3.05, 3.63) is 12.2 Å². The number of hydrogen-bond donors (Lipinski definition) is 2. The van der Waals surface area contributed by atoms with Gasteiger partial charge in [-0.2, -0.15) is 0 Å². The van der Waals surface area contributed by atoms with Gasteiger partial charge in [-0.25, -0.2) is 0 Å². The number of phosphoric acid groups is 1. The number of nitrogens with zero attached hydrogens (tertiary/aromatic N) is 1. The third kappa shape index (κ3) is 45.3. The number of unbranched alkanes of at least 4 members (excludes halogenated alkanes) is 35. The predicted molar refractivity (Wildman–Crippen MR) is 256 cm³/mol. The standard InChI is InChI=1S/C51H103N2O6P/c1-6-8-10-12-14-15-16-17-18-19-20-21-22-23-24-25-26-27-28-29-30-31-32-33-34-35-36-37-38-39-41-43-45-51(55)52-49(50(54)44-42-40-13-11-9-7-2)48-59-60(56,57)58-47-46-53(3,4)5/h42,44,49-50,54H,6-41,43,45-48H2,1-5H3,(H-,52,55,56,57)/b44-42+. The Kier molecular flexibility index (Phi) is 42.9. The smallest absolute Gasteiger partial charge is 0.268 e. The maximum absolute atomic E-state index is 12.8. The van der Waals surface area contributed by atoms with Crippen molar-refractivity contribution in [2.24, 2.45) is 0 Å². The molecule has 0 aromatic carbocycles. The summed E-state index contributed by atoms with van der Waals surface area (Å²) in [6.07, 6.45) is 52.0. The van der Waals surface area contributed by atoms with Crippen molar-refractivity contribution in [1.82, 2.24) is 5.32 Å². The zero-order chi connectivity index (χ0) is 44.3. The average Bonchev–Trinajstić information content (AvgIpc) is 3.20. The number of quaternary nitrogens is 1. The van der Waals surface area contributed by atoms with Crippen LogP contribution in [-0.4, -0.2) is 68.5 Å². The average molecular weight is 871 g/mol. The molecule has 2 N–H and O–H groups in total. The molecule has 0 aliphatic carbocycles. The summed E-state index contributed by atoms with van der Waals surface area (Å²) in [5.41, 5.74) is 0. The quantitative estimate of drug-likeness (QED) is 0.0273. The molecule has 0 rings (SSSR count). The van der Waals surface area contributed by atoms with Gasteiger partial charge in [-0.3, -0.25) is 9.36 Å². The number of carbonyl (C=O) groups excluding carboxylic acids is 1. The molecule has 358 valence electrons. The minimum absolute atomic E-state index is 0.00122. The largest absolute Gasteiger partial charge is 0.756 e. The highest BCUT2D eigenvalue weighted by Crippen LogP contribution is 2.38. The summed E-state index contributed by atoms with van der Waals surface area (Å²) in [6.45, 7) is 4.59. The van der Waals surface area contributed by atoms with Gasteiger partial charge < -0.3 is 28.8 Å². The van der Waals surface area contributed by atoms with Crippen LogP contribution in [0.2, 0.25) is 0 Å². The van der Waals surface area contributed by atoms with Crippen LogP contribution in [-0.2, 0) is 18.4 Å². The second-order valence-corrected chi connectivity index (χ2v) is 20.7. The molecule has 0 radical (unpaired) electrons. The molecule has 3 atom stereocenters. The lowest BCUT2D eigenvalue weighted by atomic mass is 10.0. The second-order valence-electron chi connectivity index (χ2n) is 19.2. The van der Waals surface area contributed by atoms with Crippen LogP contribution in [0.3, 0.4) is 0 Å². The van der Waals surface area contributed by atoms with Gasteiger partial charge in [0.25, 0.3) is 7.82 Å². The van der Waals surface area contributed by atoms with Crippen molar-refractivity contribution in [1.29, 1.82) is 0 Å². The zero-order valence-electron chi connectivity index (χ0n) is 40.7. The van der Waals surface area contributed by atoms with E-state index in [1.165, 1.54) is 193 Å². The minimum atomic E-state index is -4.57. The Morgan fingerprint density at radius 3 is 1.25 bits per heavy atom. The van der Waals surface area contributed by atoms with E-state index in [0.717, 1.165) is 44.9 Å². The van der Waals surface area contributed by atoms with E-state index in [0.29, 0.717) is 17.4 Å². The normalized spacial score (nSPS) is 14.2. The first kappa shape index (κ1) is 59.2. The van der Waals surface area contributed by atoms with E-state index in [2.05, 4.69) is 19.2 Å². The van der Waals surface area contributed by atoms with Gasteiger partial charge in [0.1, 0.15) is 13.2 Å². The molecule has 1 amide bonds. The van der Waals surface area contributed by atoms with E-state index >= 15 is 0 Å². The molecule has 0 spiro atoms. The number of aliphatic hydroxyl groups excluding tert-OH is 1. The van der Waals surface area contributed by atoms with Crippen LogP contribution in [0.5, 0.6) is 0 Å². The van der Waals surface area contributed by atoms with Crippen LogP contribution >= 0.6 is 7.82 Å². The van der Waals surface area contributed by atoms with Crippen LogP contribution in [0.1, 0.15) is 258 Å². The maximum atomic E-state index is 12.8. The molecule has 0 aromatic heterocycles. The predicted octanol–water partition coefficient (Wildman–Crippen LogP) is 14.5. The molecular weight excluding hydrogens is 768 g/mol. The van der Waals surface area contributed by atoms with Crippen molar-refractivity contribution in [3.8, 4) is 0 Å². The monoisotopic (exact) mass is 871 g/mol. The highest BCUT2D eigenvalue weighted by Gasteiger charge is 2.23. The van der Waals surface area contributed by atoms with Crippen molar-refractivity contribution in [3.63, 3.8) is 0 Å². The Morgan fingerprint density at radius 1 is 0.567 bits per heavy atom. The van der Waals surface area contributed by atoms with E-state index in [1.54, 1.807) is 6.08 Å². The minimum Gasteiger partial charge on any atom is -0.756 e. The van der Waals surface area contributed by atoms with Gasteiger partial charge in [-0.05, 0) is 19.3 Å². The molecule has 0 heterocycles. The number of aliphatic hydroxyl groups is 1. The molecule has 8 nitrogen and oxygen atoms in total. The van der Waals surface area contributed by atoms with E-state index in [9.17, 15) is 19.4 Å². The molecule has 9 heteroatoms. The van der Waals surface area contributed by atoms with Crippen LogP contribution in [0.4, 0.5) is 0 Å². The van der Waals surface area contributed by atoms with Gasteiger partial charge in [0, 0.05) is 6.42 Å². The van der Waals surface area contributed by atoms with Crippen LogP contribution in [0, 0.1) is 0 Å². The number of allylic oxidation sites excluding steroid dienone is 1. The lowest BCUT2D eigenvalue weighted by molar-refractivity contribution is -0.870. The fraction of sp³-hybridized carbons (Fsp3) is 0.941. The number of amides is 1.